The lowest BCUT2D eigenvalue weighted by Crippen LogP contribution is -2.09. The highest BCUT2D eigenvalue weighted by Gasteiger charge is 2.25. The van der Waals surface area contributed by atoms with Crippen LogP contribution in [0.4, 0.5) is 0 Å². The fraction of sp³-hybridized carbons (Fsp3) is 0.167. The molecule has 220 valence electrons. The molecule has 0 amide bonds. The van der Waals surface area contributed by atoms with E-state index in [0.717, 1.165) is 55.1 Å². The number of imidazole rings is 1. The Hall–Kier alpha value is -5.15. The topological polar surface area (TPSA) is 31.0 Å². The predicted octanol–water partition coefficient (Wildman–Crippen LogP) is 12.0. The minimum absolute atomic E-state index is 0.254. The van der Waals surface area contributed by atoms with E-state index in [0.29, 0.717) is 5.56 Å². The van der Waals surface area contributed by atoms with Crippen molar-refractivity contribution >= 4 is 43.7 Å². The quantitative estimate of drug-likeness (QED) is 0.200. The van der Waals surface area contributed by atoms with Crippen molar-refractivity contribution in [2.75, 3.05) is 0 Å². The lowest BCUT2D eigenvalue weighted by Gasteiger charge is -2.24. The Morgan fingerprint density at radius 2 is 1.42 bits per heavy atom. The first-order chi connectivity index (χ1) is 23.1. The van der Waals surface area contributed by atoms with Gasteiger partial charge in [-0.1, -0.05) is 106 Å². The molecule has 0 N–H and O–H groups in total. The summed E-state index contributed by atoms with van der Waals surface area (Å²) in [5.74, 6) is 1.33. The third kappa shape index (κ3) is 4.45. The molecule has 2 heterocycles. The Bertz CT molecular complexity index is 2470. The molecule has 0 fully saturated rings. The molecule has 3 nitrogen and oxygen atoms in total. The van der Waals surface area contributed by atoms with E-state index in [1.54, 1.807) is 12.1 Å². The molecule has 0 radical (unpaired) electrons. The Balaban J connectivity index is 1.42. The Morgan fingerprint density at radius 3 is 2.18 bits per heavy atom. The standard InChI is InChI=1S/C42H36N2O/c1-25(2)34-21-31(28-12-7-6-8-13-28)22-35(26(3)4)40(34)44-38-17-10-9-16-37(38)43-42(44)33-15-11-14-32-36-23-30-20-27(5)18-19-29(30)24-39(36)45-41(32)33/h6-26H,1-5H3/i5D3. The van der Waals surface area contributed by atoms with E-state index in [9.17, 15) is 0 Å². The van der Waals surface area contributed by atoms with Crippen molar-refractivity contribution in [2.45, 2.75) is 46.4 Å². The van der Waals surface area contributed by atoms with Gasteiger partial charge in [-0.25, -0.2) is 4.98 Å². The molecule has 0 unspecified atom stereocenters. The van der Waals surface area contributed by atoms with E-state index >= 15 is 0 Å². The van der Waals surface area contributed by atoms with E-state index in [1.165, 1.54) is 27.9 Å². The largest absolute Gasteiger partial charge is 0.455 e. The SMILES string of the molecule is [2H]C([2H])([2H])c1ccc2cc3oc4c(-c5nc6ccccc6n5-c5c(C(C)C)cc(-c6ccccc6)cc5C(C)C)cccc4c3cc2c1. The molecule has 3 heteroatoms. The van der Waals surface area contributed by atoms with Crippen LogP contribution in [0.2, 0.25) is 0 Å². The van der Waals surface area contributed by atoms with Crippen LogP contribution >= 0.6 is 0 Å². The van der Waals surface area contributed by atoms with Crippen molar-refractivity contribution in [3.05, 3.63) is 132 Å². The number of aromatic nitrogens is 2. The van der Waals surface area contributed by atoms with Gasteiger partial charge in [0.05, 0.1) is 22.3 Å². The van der Waals surface area contributed by atoms with Gasteiger partial charge in [0.2, 0.25) is 0 Å². The van der Waals surface area contributed by atoms with Crippen LogP contribution in [0.3, 0.4) is 0 Å². The fourth-order valence-corrected chi connectivity index (χ4v) is 6.77. The summed E-state index contributed by atoms with van der Waals surface area (Å²) in [6.07, 6.45) is 0. The molecular formula is C42H36N2O. The number of hydrogen-bond acceptors (Lipinski definition) is 2. The number of para-hydroxylation sites is 3. The molecular weight excluding hydrogens is 548 g/mol. The number of furan rings is 1. The maximum atomic E-state index is 7.92. The van der Waals surface area contributed by atoms with E-state index < -0.39 is 6.85 Å². The summed E-state index contributed by atoms with van der Waals surface area (Å²) in [6.45, 7) is 6.88. The molecule has 8 rings (SSSR count). The second kappa shape index (κ2) is 10.5. The van der Waals surface area contributed by atoms with Gasteiger partial charge in [-0.15, -0.1) is 0 Å². The number of rotatable bonds is 5. The third-order valence-corrected chi connectivity index (χ3v) is 9.00. The van der Waals surface area contributed by atoms with Crippen molar-refractivity contribution < 1.29 is 8.53 Å². The van der Waals surface area contributed by atoms with Gasteiger partial charge >= 0.3 is 0 Å². The van der Waals surface area contributed by atoms with Crippen LogP contribution in [-0.4, -0.2) is 9.55 Å². The zero-order valence-electron chi connectivity index (χ0n) is 28.9. The molecule has 0 bridgehead atoms. The minimum Gasteiger partial charge on any atom is -0.455 e. The van der Waals surface area contributed by atoms with E-state index in [-0.39, 0.29) is 11.8 Å². The Labute approximate surface area is 268 Å². The zero-order valence-corrected chi connectivity index (χ0v) is 25.9. The second-order valence-corrected chi connectivity index (χ2v) is 12.6. The maximum absolute atomic E-state index is 7.92. The van der Waals surface area contributed by atoms with Gasteiger partial charge in [-0.2, -0.15) is 0 Å². The van der Waals surface area contributed by atoms with Crippen LogP contribution in [0.15, 0.2) is 120 Å². The lowest BCUT2D eigenvalue weighted by molar-refractivity contribution is 0.670. The molecule has 0 aliphatic rings. The third-order valence-electron chi connectivity index (χ3n) is 9.00. The van der Waals surface area contributed by atoms with Gasteiger partial charge in [-0.3, -0.25) is 4.57 Å². The predicted molar refractivity (Wildman–Crippen MR) is 190 cm³/mol. The van der Waals surface area contributed by atoms with E-state index in [1.807, 2.05) is 18.2 Å². The molecule has 2 aromatic heterocycles. The van der Waals surface area contributed by atoms with Gasteiger partial charge in [0.1, 0.15) is 17.0 Å². The highest BCUT2D eigenvalue weighted by molar-refractivity contribution is 6.13. The van der Waals surface area contributed by atoms with Crippen molar-refractivity contribution in [1.29, 1.82) is 0 Å². The normalized spacial score (nSPS) is 13.3. The van der Waals surface area contributed by atoms with Crippen LogP contribution in [-0.2, 0) is 0 Å². The zero-order chi connectivity index (χ0) is 33.3. The van der Waals surface area contributed by atoms with Gasteiger partial charge in [0.15, 0.2) is 0 Å². The van der Waals surface area contributed by atoms with Gasteiger partial charge < -0.3 is 4.42 Å². The fourth-order valence-electron chi connectivity index (χ4n) is 6.77. The summed E-state index contributed by atoms with van der Waals surface area (Å²) >= 11 is 0. The minimum atomic E-state index is -2.17. The van der Waals surface area contributed by atoms with Crippen molar-refractivity contribution in [3.63, 3.8) is 0 Å². The van der Waals surface area contributed by atoms with Gasteiger partial charge in [0, 0.05) is 14.9 Å². The Kier molecular flexibility index (Phi) is 5.64. The molecule has 0 saturated heterocycles. The van der Waals surface area contributed by atoms with E-state index in [2.05, 4.69) is 117 Å². The monoisotopic (exact) mass is 587 g/mol. The van der Waals surface area contributed by atoms with Crippen LogP contribution in [0.1, 0.15) is 60.3 Å². The smallest absolute Gasteiger partial charge is 0.149 e. The molecule has 0 atom stereocenters. The number of hydrogen-bond donors (Lipinski definition) is 0. The van der Waals surface area contributed by atoms with Crippen LogP contribution in [0.25, 0.3) is 71.9 Å². The number of nitrogens with zero attached hydrogens (tertiary/aromatic N) is 2. The highest BCUT2D eigenvalue weighted by Crippen LogP contribution is 2.43. The van der Waals surface area contributed by atoms with Crippen molar-refractivity contribution in [2.24, 2.45) is 0 Å². The second-order valence-electron chi connectivity index (χ2n) is 12.6. The van der Waals surface area contributed by atoms with Crippen LogP contribution in [0, 0.1) is 6.85 Å². The van der Waals surface area contributed by atoms with Crippen molar-refractivity contribution in [3.8, 4) is 28.2 Å². The molecule has 0 aliphatic carbocycles. The summed E-state index contributed by atoms with van der Waals surface area (Å²) in [5.41, 5.74) is 10.8. The summed E-state index contributed by atoms with van der Waals surface area (Å²) < 4.78 is 32.8. The first-order valence-electron chi connectivity index (χ1n) is 17.2. The van der Waals surface area contributed by atoms with Crippen LogP contribution < -0.4 is 0 Å². The molecule has 45 heavy (non-hydrogen) atoms. The summed E-state index contributed by atoms with van der Waals surface area (Å²) in [7, 11) is 0. The first-order valence-corrected chi connectivity index (χ1v) is 15.7. The number of fused-ring (bicyclic) bond motifs is 5. The maximum Gasteiger partial charge on any atom is 0.149 e. The molecule has 6 aromatic carbocycles. The summed E-state index contributed by atoms with van der Waals surface area (Å²) in [4.78, 5) is 5.30. The molecule has 0 saturated carbocycles. The van der Waals surface area contributed by atoms with E-state index in [4.69, 9.17) is 13.5 Å². The molecule has 0 spiro atoms. The molecule has 8 aromatic rings. The van der Waals surface area contributed by atoms with Gasteiger partial charge in [0.25, 0.3) is 0 Å². The summed E-state index contributed by atoms with van der Waals surface area (Å²) in [5, 5.41) is 3.72. The Morgan fingerprint density at radius 1 is 0.667 bits per heavy atom. The first kappa shape index (κ1) is 24.2. The van der Waals surface area contributed by atoms with Crippen LogP contribution in [0.5, 0.6) is 0 Å². The van der Waals surface area contributed by atoms with Crippen molar-refractivity contribution in [1.82, 2.24) is 9.55 Å². The molecule has 0 aliphatic heterocycles. The average Bonchev–Trinajstić information content (AvgIpc) is 3.64. The highest BCUT2D eigenvalue weighted by atomic mass is 16.3. The number of benzene rings is 6. The average molecular weight is 588 g/mol. The van der Waals surface area contributed by atoms with Gasteiger partial charge in [-0.05, 0) is 94.2 Å². The summed E-state index contributed by atoms with van der Waals surface area (Å²) in [6, 6.07) is 39.2. The lowest BCUT2D eigenvalue weighted by atomic mass is 9.88. The number of aryl methyl sites for hydroxylation is 1.